The molecule has 0 bridgehead atoms. The van der Waals surface area contributed by atoms with Crippen LogP contribution in [0.4, 0.5) is 11.4 Å². The maximum Gasteiger partial charge on any atom is 0.317 e. The Bertz CT molecular complexity index is 1200. The maximum atomic E-state index is 12.9. The third-order valence-corrected chi connectivity index (χ3v) is 6.37. The number of benzene rings is 2. The van der Waals surface area contributed by atoms with Gasteiger partial charge in [0, 0.05) is 27.2 Å². The Morgan fingerprint density at radius 2 is 1.61 bits per heavy atom. The lowest BCUT2D eigenvalue weighted by atomic mass is 10.1. The van der Waals surface area contributed by atoms with E-state index in [1.165, 1.54) is 12.1 Å². The topological polar surface area (TPSA) is 98.7 Å². The molecule has 2 amide bonds. The fourth-order valence-corrected chi connectivity index (χ4v) is 4.65. The SMILES string of the molecule is CN(CC(=O)O)Cc1cc(Cl)c(C(=O)Nc2ccc(Cl)cc2C(=O)Nc2ccc(Cl)cc2)s1. The summed E-state index contributed by atoms with van der Waals surface area (Å²) in [6, 6.07) is 12.7. The fraction of sp³-hybridized carbons (Fsp3) is 0.136. The minimum atomic E-state index is -0.953. The molecule has 3 N–H and O–H groups in total. The molecule has 11 heteroatoms. The molecule has 0 radical (unpaired) electrons. The van der Waals surface area contributed by atoms with Crippen molar-refractivity contribution in [2.45, 2.75) is 6.54 Å². The van der Waals surface area contributed by atoms with E-state index in [1.807, 2.05) is 0 Å². The number of anilines is 2. The molecule has 0 fully saturated rings. The van der Waals surface area contributed by atoms with Gasteiger partial charge >= 0.3 is 5.97 Å². The quantitative estimate of drug-likeness (QED) is 0.348. The number of carbonyl (C=O) groups excluding carboxylic acids is 2. The van der Waals surface area contributed by atoms with Crippen LogP contribution < -0.4 is 10.6 Å². The molecule has 33 heavy (non-hydrogen) atoms. The molecule has 0 aliphatic carbocycles. The Hall–Kier alpha value is -2.62. The number of thiophene rings is 1. The minimum Gasteiger partial charge on any atom is -0.480 e. The summed E-state index contributed by atoms with van der Waals surface area (Å²) in [6.07, 6.45) is 0. The highest BCUT2D eigenvalue weighted by Crippen LogP contribution is 2.30. The van der Waals surface area contributed by atoms with Crippen LogP contribution in [0.3, 0.4) is 0 Å². The maximum absolute atomic E-state index is 12.9. The highest BCUT2D eigenvalue weighted by Gasteiger charge is 2.20. The molecule has 2 aromatic carbocycles. The van der Waals surface area contributed by atoms with E-state index in [9.17, 15) is 14.4 Å². The zero-order valence-electron chi connectivity index (χ0n) is 17.2. The number of likely N-dealkylation sites (N-methyl/N-ethyl adjacent to an activating group) is 1. The summed E-state index contributed by atoms with van der Waals surface area (Å²) in [6.45, 7) is 0.174. The van der Waals surface area contributed by atoms with E-state index in [-0.39, 0.29) is 27.7 Å². The van der Waals surface area contributed by atoms with Crippen molar-refractivity contribution >= 4 is 75.3 Å². The number of aliphatic carboxylic acids is 1. The van der Waals surface area contributed by atoms with Crippen LogP contribution in [0.2, 0.25) is 15.1 Å². The molecule has 0 atom stereocenters. The third kappa shape index (κ3) is 6.93. The fourth-order valence-electron chi connectivity index (χ4n) is 2.93. The second kappa shape index (κ2) is 11.0. The van der Waals surface area contributed by atoms with Gasteiger partial charge in [-0.3, -0.25) is 19.3 Å². The minimum absolute atomic E-state index is 0.145. The van der Waals surface area contributed by atoms with Gasteiger partial charge in [0.1, 0.15) is 4.88 Å². The Morgan fingerprint density at radius 3 is 2.27 bits per heavy atom. The number of carboxylic acid groups (broad SMARTS) is 1. The van der Waals surface area contributed by atoms with Crippen LogP contribution in [-0.4, -0.2) is 41.4 Å². The smallest absolute Gasteiger partial charge is 0.317 e. The van der Waals surface area contributed by atoms with E-state index in [2.05, 4.69) is 10.6 Å². The van der Waals surface area contributed by atoms with Crippen molar-refractivity contribution in [2.75, 3.05) is 24.2 Å². The molecular formula is C22H18Cl3N3O4S. The number of halogens is 3. The second-order valence-electron chi connectivity index (χ2n) is 7.06. The van der Waals surface area contributed by atoms with E-state index in [1.54, 1.807) is 48.3 Å². The van der Waals surface area contributed by atoms with Gasteiger partial charge in [-0.05, 0) is 55.6 Å². The van der Waals surface area contributed by atoms with Crippen LogP contribution >= 0.6 is 46.1 Å². The Labute approximate surface area is 208 Å². The third-order valence-electron chi connectivity index (χ3n) is 4.35. The molecule has 7 nitrogen and oxygen atoms in total. The van der Waals surface area contributed by atoms with E-state index >= 15 is 0 Å². The number of amides is 2. The average molecular weight is 527 g/mol. The summed E-state index contributed by atoms with van der Waals surface area (Å²) in [7, 11) is 1.65. The molecule has 0 saturated carbocycles. The molecule has 3 aromatic rings. The first-order chi connectivity index (χ1) is 15.6. The van der Waals surface area contributed by atoms with Gasteiger partial charge in [0.2, 0.25) is 0 Å². The molecule has 1 aromatic heterocycles. The normalized spacial score (nSPS) is 10.8. The van der Waals surface area contributed by atoms with Crippen molar-refractivity contribution in [1.82, 2.24) is 4.90 Å². The number of nitrogens with one attached hydrogen (secondary N) is 2. The Morgan fingerprint density at radius 1 is 0.939 bits per heavy atom. The molecule has 3 rings (SSSR count). The molecule has 0 aliphatic heterocycles. The van der Waals surface area contributed by atoms with Crippen molar-refractivity contribution in [1.29, 1.82) is 0 Å². The van der Waals surface area contributed by atoms with Crippen LogP contribution in [0.25, 0.3) is 0 Å². The first kappa shape index (κ1) is 25.0. The van der Waals surface area contributed by atoms with Gasteiger partial charge < -0.3 is 15.7 Å². The first-order valence-electron chi connectivity index (χ1n) is 9.48. The zero-order valence-corrected chi connectivity index (χ0v) is 20.3. The number of rotatable bonds is 8. The standard InChI is InChI=1S/C22H18Cl3N3O4S/c1-28(11-19(29)30)10-15-9-17(25)20(33-15)22(32)27-18-7-4-13(24)8-16(18)21(31)26-14-5-2-12(23)3-6-14/h2-9H,10-11H2,1H3,(H,26,31)(H,27,32)(H,29,30). The molecule has 0 aliphatic rings. The van der Waals surface area contributed by atoms with Crippen LogP contribution in [0.5, 0.6) is 0 Å². The molecule has 1 heterocycles. The number of nitrogens with zero attached hydrogens (tertiary/aromatic N) is 1. The Kier molecular flexibility index (Phi) is 8.34. The lowest BCUT2D eigenvalue weighted by Crippen LogP contribution is -2.24. The summed E-state index contributed by atoms with van der Waals surface area (Å²) >= 11 is 19.3. The van der Waals surface area contributed by atoms with Crippen molar-refractivity contribution < 1.29 is 19.5 Å². The van der Waals surface area contributed by atoms with E-state index in [0.717, 1.165) is 16.2 Å². The molecule has 0 spiro atoms. The van der Waals surface area contributed by atoms with Crippen molar-refractivity contribution in [3.05, 3.63) is 78.9 Å². The number of carbonyl (C=O) groups is 3. The van der Waals surface area contributed by atoms with Gasteiger partial charge in [0.25, 0.3) is 11.8 Å². The van der Waals surface area contributed by atoms with Gasteiger partial charge in [-0.25, -0.2) is 0 Å². The molecule has 0 saturated heterocycles. The van der Waals surface area contributed by atoms with E-state index in [4.69, 9.17) is 39.9 Å². The van der Waals surface area contributed by atoms with Crippen molar-refractivity contribution in [3.63, 3.8) is 0 Å². The van der Waals surface area contributed by atoms with Gasteiger partial charge in [-0.1, -0.05) is 34.8 Å². The monoisotopic (exact) mass is 525 g/mol. The zero-order chi connectivity index (χ0) is 24.1. The average Bonchev–Trinajstić information content (AvgIpc) is 3.10. The van der Waals surface area contributed by atoms with Gasteiger partial charge in [0.05, 0.1) is 22.8 Å². The number of hydrogen-bond acceptors (Lipinski definition) is 5. The van der Waals surface area contributed by atoms with Crippen LogP contribution in [-0.2, 0) is 11.3 Å². The first-order valence-corrected chi connectivity index (χ1v) is 11.4. The highest BCUT2D eigenvalue weighted by molar-refractivity contribution is 7.14. The van der Waals surface area contributed by atoms with Crippen LogP contribution in [0.1, 0.15) is 24.9 Å². The van der Waals surface area contributed by atoms with Crippen molar-refractivity contribution in [3.8, 4) is 0 Å². The largest absolute Gasteiger partial charge is 0.480 e. The van der Waals surface area contributed by atoms with Gasteiger partial charge in [-0.2, -0.15) is 0 Å². The summed E-state index contributed by atoms with van der Waals surface area (Å²) in [5, 5.41) is 15.4. The van der Waals surface area contributed by atoms with Gasteiger partial charge in [-0.15, -0.1) is 11.3 Å². The van der Waals surface area contributed by atoms with Crippen LogP contribution in [0.15, 0.2) is 48.5 Å². The number of carboxylic acids is 1. The van der Waals surface area contributed by atoms with E-state index < -0.39 is 17.8 Å². The molecule has 172 valence electrons. The summed E-state index contributed by atoms with van der Waals surface area (Å²) in [4.78, 5) is 39.1. The summed E-state index contributed by atoms with van der Waals surface area (Å²) < 4.78 is 0. The highest BCUT2D eigenvalue weighted by atomic mass is 35.5. The lowest BCUT2D eigenvalue weighted by molar-refractivity contribution is -0.138. The predicted molar refractivity (Wildman–Crippen MR) is 132 cm³/mol. The van der Waals surface area contributed by atoms with Gasteiger partial charge in [0.15, 0.2) is 0 Å². The molecule has 0 unspecified atom stereocenters. The van der Waals surface area contributed by atoms with Crippen LogP contribution in [0, 0.1) is 0 Å². The lowest BCUT2D eigenvalue weighted by Gasteiger charge is -2.12. The summed E-state index contributed by atoms with van der Waals surface area (Å²) in [5.41, 5.74) is 0.947. The number of hydrogen-bond donors (Lipinski definition) is 3. The Balaban J connectivity index is 1.78. The molecular weight excluding hydrogens is 509 g/mol. The second-order valence-corrected chi connectivity index (χ2v) is 9.48. The summed E-state index contributed by atoms with van der Waals surface area (Å²) in [5.74, 6) is -1.92. The van der Waals surface area contributed by atoms with E-state index in [0.29, 0.717) is 22.3 Å². The predicted octanol–water partition coefficient (Wildman–Crippen LogP) is 5.73. The van der Waals surface area contributed by atoms with Crippen molar-refractivity contribution in [2.24, 2.45) is 0 Å².